The molecular weight excluding hydrogens is 194 g/mol. The molecule has 0 spiro atoms. The van der Waals surface area contributed by atoms with Gasteiger partial charge in [-0.25, -0.2) is 5.06 Å². The van der Waals surface area contributed by atoms with Gasteiger partial charge >= 0.3 is 0 Å². The summed E-state index contributed by atoms with van der Waals surface area (Å²) < 4.78 is 0. The summed E-state index contributed by atoms with van der Waals surface area (Å²) in [6, 6.07) is 1.63. The Morgan fingerprint density at radius 3 is 3.20 bits per heavy atom. The molecule has 0 saturated heterocycles. The van der Waals surface area contributed by atoms with Crippen molar-refractivity contribution in [3.05, 3.63) is 24.0 Å². The Morgan fingerprint density at radius 2 is 2.53 bits per heavy atom. The summed E-state index contributed by atoms with van der Waals surface area (Å²) in [7, 11) is 3.08. The molecule has 0 fully saturated rings. The van der Waals surface area contributed by atoms with Crippen LogP contribution < -0.4 is 5.32 Å². The van der Waals surface area contributed by atoms with Crippen molar-refractivity contribution < 1.29 is 9.63 Å². The lowest BCUT2D eigenvalue weighted by atomic mass is 10.1. The van der Waals surface area contributed by atoms with E-state index in [0.29, 0.717) is 6.42 Å². The van der Waals surface area contributed by atoms with Gasteiger partial charge in [0.05, 0.1) is 7.11 Å². The lowest BCUT2D eigenvalue weighted by Gasteiger charge is -2.18. The highest BCUT2D eigenvalue weighted by Crippen LogP contribution is 2.24. The van der Waals surface area contributed by atoms with E-state index in [2.05, 4.69) is 10.3 Å². The number of aromatic nitrogens is 1. The van der Waals surface area contributed by atoms with Gasteiger partial charge in [0.15, 0.2) is 0 Å². The maximum Gasteiger partial charge on any atom is 0.268 e. The summed E-state index contributed by atoms with van der Waals surface area (Å²) in [6.07, 6.45) is 4.15. The summed E-state index contributed by atoms with van der Waals surface area (Å²) in [5.41, 5.74) is 2.05. The molecule has 1 unspecified atom stereocenters. The molecule has 1 atom stereocenters. The van der Waals surface area contributed by atoms with Gasteiger partial charge in [0.1, 0.15) is 6.04 Å². The molecule has 1 amide bonds. The predicted molar refractivity (Wildman–Crippen MR) is 55.1 cm³/mol. The molecule has 1 N–H and O–H groups in total. The standard InChI is InChI=1S/C10H13N3O2/c1-13(15-2)10(14)9-5-7-6-11-4-3-8(7)12-9/h3-4,6,9,12H,5H2,1-2H3. The van der Waals surface area contributed by atoms with E-state index in [1.165, 1.54) is 12.2 Å². The molecule has 15 heavy (non-hydrogen) atoms. The van der Waals surface area contributed by atoms with Crippen LogP contribution in [0.2, 0.25) is 0 Å². The molecule has 1 aromatic heterocycles. The molecule has 5 nitrogen and oxygen atoms in total. The second-order valence-electron chi connectivity index (χ2n) is 3.45. The molecule has 5 heteroatoms. The first-order chi connectivity index (χ1) is 7.22. The van der Waals surface area contributed by atoms with Crippen molar-refractivity contribution in [3.63, 3.8) is 0 Å². The van der Waals surface area contributed by atoms with Gasteiger partial charge in [0, 0.05) is 31.5 Å². The summed E-state index contributed by atoms with van der Waals surface area (Å²) >= 11 is 0. The van der Waals surface area contributed by atoms with Crippen LogP contribution in [0.5, 0.6) is 0 Å². The van der Waals surface area contributed by atoms with E-state index in [0.717, 1.165) is 11.3 Å². The number of carbonyl (C=O) groups excluding carboxylic acids is 1. The van der Waals surface area contributed by atoms with Gasteiger partial charge < -0.3 is 5.32 Å². The van der Waals surface area contributed by atoms with E-state index < -0.39 is 0 Å². The molecule has 0 saturated carbocycles. The highest BCUT2D eigenvalue weighted by Gasteiger charge is 2.28. The molecule has 0 bridgehead atoms. The van der Waals surface area contributed by atoms with Crippen molar-refractivity contribution >= 4 is 11.6 Å². The number of amides is 1. The van der Waals surface area contributed by atoms with Gasteiger partial charge in [-0.2, -0.15) is 0 Å². The summed E-state index contributed by atoms with van der Waals surface area (Å²) in [5, 5.41) is 4.37. The molecule has 2 heterocycles. The second kappa shape index (κ2) is 3.86. The third-order valence-corrected chi connectivity index (χ3v) is 2.54. The zero-order valence-corrected chi connectivity index (χ0v) is 8.73. The Kier molecular flexibility index (Phi) is 2.55. The molecule has 2 rings (SSSR count). The first kappa shape index (κ1) is 9.92. The van der Waals surface area contributed by atoms with Crippen LogP contribution >= 0.6 is 0 Å². The van der Waals surface area contributed by atoms with Crippen LogP contribution in [0.25, 0.3) is 0 Å². The van der Waals surface area contributed by atoms with Crippen LogP contribution in [0, 0.1) is 0 Å². The Bertz CT molecular complexity index is 356. The van der Waals surface area contributed by atoms with E-state index in [1.807, 2.05) is 6.07 Å². The Balaban J connectivity index is 2.10. The molecule has 80 valence electrons. The fraction of sp³-hybridized carbons (Fsp3) is 0.400. The van der Waals surface area contributed by atoms with Crippen LogP contribution in [-0.4, -0.2) is 36.2 Å². The van der Waals surface area contributed by atoms with E-state index in [1.54, 1.807) is 19.4 Å². The number of hydrogen-bond acceptors (Lipinski definition) is 4. The highest BCUT2D eigenvalue weighted by molar-refractivity contribution is 5.86. The summed E-state index contributed by atoms with van der Waals surface area (Å²) in [4.78, 5) is 20.6. The van der Waals surface area contributed by atoms with Gasteiger partial charge in [-0.05, 0) is 11.6 Å². The monoisotopic (exact) mass is 207 g/mol. The normalized spacial score (nSPS) is 18.1. The molecular formula is C10H13N3O2. The Morgan fingerprint density at radius 1 is 1.73 bits per heavy atom. The number of likely N-dealkylation sites (N-methyl/N-ethyl adjacent to an activating group) is 1. The van der Waals surface area contributed by atoms with Crippen LogP contribution in [0.4, 0.5) is 5.69 Å². The number of hydroxylamine groups is 2. The van der Waals surface area contributed by atoms with Crippen LogP contribution in [0.15, 0.2) is 18.5 Å². The number of hydrogen-bond donors (Lipinski definition) is 1. The third kappa shape index (κ3) is 1.78. The zero-order chi connectivity index (χ0) is 10.8. The SMILES string of the molecule is CON(C)C(=O)C1Cc2cnccc2N1. The average Bonchev–Trinajstić information content (AvgIpc) is 2.70. The smallest absolute Gasteiger partial charge is 0.268 e. The Hall–Kier alpha value is -1.62. The number of pyridine rings is 1. The van der Waals surface area contributed by atoms with Crippen molar-refractivity contribution in [2.24, 2.45) is 0 Å². The maximum atomic E-state index is 11.8. The van der Waals surface area contributed by atoms with Crippen molar-refractivity contribution in [2.75, 3.05) is 19.5 Å². The topological polar surface area (TPSA) is 54.5 Å². The number of nitrogens with zero attached hydrogens (tertiary/aromatic N) is 2. The summed E-state index contributed by atoms with van der Waals surface area (Å²) in [5.74, 6) is -0.0753. The quantitative estimate of drug-likeness (QED) is 0.715. The highest BCUT2D eigenvalue weighted by atomic mass is 16.7. The Labute approximate surface area is 88.0 Å². The van der Waals surface area contributed by atoms with Gasteiger partial charge in [-0.1, -0.05) is 0 Å². The molecule has 1 aromatic rings. The van der Waals surface area contributed by atoms with Gasteiger partial charge in [0.2, 0.25) is 0 Å². The number of carbonyl (C=O) groups is 1. The van der Waals surface area contributed by atoms with E-state index >= 15 is 0 Å². The largest absolute Gasteiger partial charge is 0.373 e. The number of anilines is 1. The van der Waals surface area contributed by atoms with E-state index in [9.17, 15) is 4.79 Å². The van der Waals surface area contributed by atoms with E-state index in [-0.39, 0.29) is 11.9 Å². The van der Waals surface area contributed by atoms with E-state index in [4.69, 9.17) is 4.84 Å². The number of rotatable bonds is 2. The molecule has 0 aromatic carbocycles. The average molecular weight is 207 g/mol. The van der Waals surface area contributed by atoms with Crippen molar-refractivity contribution in [2.45, 2.75) is 12.5 Å². The zero-order valence-electron chi connectivity index (χ0n) is 8.73. The molecule has 0 radical (unpaired) electrons. The minimum absolute atomic E-state index is 0.0753. The molecule has 1 aliphatic rings. The van der Waals surface area contributed by atoms with Crippen LogP contribution in [0.3, 0.4) is 0 Å². The van der Waals surface area contributed by atoms with Crippen LogP contribution in [0.1, 0.15) is 5.56 Å². The summed E-state index contributed by atoms with van der Waals surface area (Å²) in [6.45, 7) is 0. The van der Waals surface area contributed by atoms with Crippen molar-refractivity contribution in [1.29, 1.82) is 0 Å². The lowest BCUT2D eigenvalue weighted by Crippen LogP contribution is -2.39. The third-order valence-electron chi connectivity index (χ3n) is 2.54. The molecule has 1 aliphatic heterocycles. The predicted octanol–water partition coefficient (Wildman–Crippen LogP) is 0.438. The number of fused-ring (bicyclic) bond motifs is 1. The minimum Gasteiger partial charge on any atom is -0.373 e. The first-order valence-corrected chi connectivity index (χ1v) is 4.73. The van der Waals surface area contributed by atoms with Crippen LogP contribution in [-0.2, 0) is 16.1 Å². The fourth-order valence-electron chi connectivity index (χ4n) is 1.65. The second-order valence-corrected chi connectivity index (χ2v) is 3.45. The fourth-order valence-corrected chi connectivity index (χ4v) is 1.65. The van der Waals surface area contributed by atoms with Crippen molar-refractivity contribution in [1.82, 2.24) is 10.0 Å². The number of nitrogens with one attached hydrogen (secondary N) is 1. The lowest BCUT2D eigenvalue weighted by molar-refractivity contribution is -0.169. The molecule has 0 aliphatic carbocycles. The maximum absolute atomic E-state index is 11.8. The first-order valence-electron chi connectivity index (χ1n) is 4.73. The van der Waals surface area contributed by atoms with Gasteiger partial charge in [-0.15, -0.1) is 0 Å². The van der Waals surface area contributed by atoms with Gasteiger partial charge in [-0.3, -0.25) is 14.6 Å². The van der Waals surface area contributed by atoms with Gasteiger partial charge in [0.25, 0.3) is 5.91 Å². The van der Waals surface area contributed by atoms with Crippen molar-refractivity contribution in [3.8, 4) is 0 Å². The minimum atomic E-state index is -0.242.